The Hall–Kier alpha value is -2.90. The van der Waals surface area contributed by atoms with Gasteiger partial charge in [0.1, 0.15) is 5.83 Å². The summed E-state index contributed by atoms with van der Waals surface area (Å²) in [5, 5.41) is 3.11. The lowest BCUT2D eigenvalue weighted by molar-refractivity contribution is 0.102. The lowest BCUT2D eigenvalue weighted by atomic mass is 9.92. The summed E-state index contributed by atoms with van der Waals surface area (Å²) in [5.74, 6) is -1.58. The third-order valence-corrected chi connectivity index (χ3v) is 4.87. The first-order valence-electron chi connectivity index (χ1n) is 8.37. The highest BCUT2D eigenvalue weighted by atomic mass is 19.1. The molecule has 0 saturated heterocycles. The Morgan fingerprint density at radius 3 is 2.92 bits per heavy atom. The SMILES string of the molecule is CCOC(=O)N1C(F)=C2C=C(F)c3ccn(C)c(=O)c3C3=C2C1CCN3. The summed E-state index contributed by atoms with van der Waals surface area (Å²) in [4.78, 5) is 25.8. The molecule has 0 bridgehead atoms. The summed E-state index contributed by atoms with van der Waals surface area (Å²) in [7, 11) is 1.57. The number of carbonyl (C=O) groups excluding carboxylic acids is 1. The summed E-state index contributed by atoms with van der Waals surface area (Å²) in [5.41, 5.74) is 0.634. The van der Waals surface area contributed by atoms with Crippen molar-refractivity contribution in [2.75, 3.05) is 13.2 Å². The molecule has 1 aliphatic carbocycles. The zero-order valence-corrected chi connectivity index (χ0v) is 14.3. The fraction of sp³-hybridized carbons (Fsp3) is 0.333. The van der Waals surface area contributed by atoms with E-state index in [1.54, 1.807) is 14.0 Å². The van der Waals surface area contributed by atoms with Crippen LogP contribution in [0.2, 0.25) is 0 Å². The second kappa shape index (κ2) is 5.82. The Balaban J connectivity index is 2.02. The van der Waals surface area contributed by atoms with Gasteiger partial charge < -0.3 is 14.6 Å². The van der Waals surface area contributed by atoms with Gasteiger partial charge in [-0.05, 0) is 25.5 Å². The van der Waals surface area contributed by atoms with Crippen LogP contribution < -0.4 is 10.9 Å². The highest BCUT2D eigenvalue weighted by Gasteiger charge is 2.45. The molecular weight excluding hydrogens is 344 g/mol. The minimum atomic E-state index is -0.857. The second-order valence-electron chi connectivity index (χ2n) is 6.31. The maximum absolute atomic E-state index is 15.0. The number of aromatic nitrogens is 1. The standard InChI is InChI=1S/C18H17F2N3O3/c1-3-26-18(25)23-12-4-6-21-15-13(12)10(16(23)20)8-11(19)9-5-7-22(2)17(24)14(9)15/h5,7-8,12,21H,3-4,6H2,1-2H3. The maximum atomic E-state index is 15.0. The molecule has 0 saturated carbocycles. The number of halogens is 2. The fourth-order valence-corrected chi connectivity index (χ4v) is 3.72. The Morgan fingerprint density at radius 2 is 2.19 bits per heavy atom. The molecule has 0 fully saturated rings. The molecule has 1 N–H and O–H groups in total. The van der Waals surface area contributed by atoms with Gasteiger partial charge in [0.15, 0.2) is 0 Å². The number of ether oxygens (including phenoxy) is 1. The van der Waals surface area contributed by atoms with Crippen molar-refractivity contribution in [2.24, 2.45) is 7.05 Å². The molecular formula is C18H17F2N3O3. The van der Waals surface area contributed by atoms with E-state index >= 15 is 4.39 Å². The summed E-state index contributed by atoms with van der Waals surface area (Å²) >= 11 is 0. The van der Waals surface area contributed by atoms with Gasteiger partial charge in [0.2, 0.25) is 5.95 Å². The average molecular weight is 361 g/mol. The van der Waals surface area contributed by atoms with Gasteiger partial charge in [0.25, 0.3) is 5.56 Å². The van der Waals surface area contributed by atoms with Crippen LogP contribution in [0.25, 0.3) is 11.5 Å². The van der Waals surface area contributed by atoms with Crippen molar-refractivity contribution in [1.82, 2.24) is 14.8 Å². The zero-order valence-electron chi connectivity index (χ0n) is 14.3. The van der Waals surface area contributed by atoms with E-state index in [4.69, 9.17) is 4.74 Å². The van der Waals surface area contributed by atoms with Gasteiger partial charge in [0, 0.05) is 36.5 Å². The van der Waals surface area contributed by atoms with Crippen LogP contribution >= 0.6 is 0 Å². The quantitative estimate of drug-likeness (QED) is 0.781. The monoisotopic (exact) mass is 361 g/mol. The predicted octanol–water partition coefficient (Wildman–Crippen LogP) is 2.44. The van der Waals surface area contributed by atoms with Gasteiger partial charge in [-0.25, -0.2) is 14.1 Å². The highest BCUT2D eigenvalue weighted by Crippen LogP contribution is 2.45. The number of hydrogen-bond donors (Lipinski definition) is 1. The smallest absolute Gasteiger partial charge is 0.416 e. The van der Waals surface area contributed by atoms with Crippen LogP contribution in [0.3, 0.4) is 0 Å². The minimum absolute atomic E-state index is 0.0268. The number of nitrogens with zero attached hydrogens (tertiary/aromatic N) is 2. The normalized spacial score (nSPS) is 21.0. The molecule has 1 unspecified atom stereocenters. The lowest BCUT2D eigenvalue weighted by Gasteiger charge is -2.30. The van der Waals surface area contributed by atoms with Gasteiger partial charge >= 0.3 is 6.09 Å². The Kier molecular flexibility index (Phi) is 3.71. The first kappa shape index (κ1) is 16.6. The van der Waals surface area contributed by atoms with Crippen LogP contribution in [0.4, 0.5) is 13.6 Å². The molecule has 0 aromatic carbocycles. The molecule has 3 heterocycles. The molecule has 1 atom stereocenters. The van der Waals surface area contributed by atoms with Crippen molar-refractivity contribution in [2.45, 2.75) is 19.4 Å². The van der Waals surface area contributed by atoms with Crippen molar-refractivity contribution in [1.29, 1.82) is 0 Å². The van der Waals surface area contributed by atoms with Crippen LogP contribution in [-0.2, 0) is 11.8 Å². The number of pyridine rings is 1. The van der Waals surface area contributed by atoms with Gasteiger partial charge in [-0.3, -0.25) is 4.79 Å². The maximum Gasteiger partial charge on any atom is 0.416 e. The van der Waals surface area contributed by atoms with E-state index < -0.39 is 29.5 Å². The molecule has 1 amide bonds. The van der Waals surface area contributed by atoms with E-state index in [9.17, 15) is 14.0 Å². The first-order valence-corrected chi connectivity index (χ1v) is 8.37. The Labute approximate surface area is 148 Å². The molecule has 0 spiro atoms. The third kappa shape index (κ3) is 2.14. The molecule has 136 valence electrons. The fourth-order valence-electron chi connectivity index (χ4n) is 3.72. The van der Waals surface area contributed by atoms with Crippen LogP contribution in [-0.4, -0.2) is 34.8 Å². The number of amides is 1. The van der Waals surface area contributed by atoms with Crippen molar-refractivity contribution in [3.05, 3.63) is 56.9 Å². The van der Waals surface area contributed by atoms with E-state index in [2.05, 4.69) is 5.32 Å². The Bertz CT molecular complexity index is 974. The molecule has 1 aromatic heterocycles. The zero-order chi connectivity index (χ0) is 18.6. The van der Waals surface area contributed by atoms with Crippen LogP contribution in [0.1, 0.15) is 24.5 Å². The van der Waals surface area contributed by atoms with E-state index in [0.717, 1.165) is 11.0 Å². The number of rotatable bonds is 1. The third-order valence-electron chi connectivity index (χ3n) is 4.87. The molecule has 6 nitrogen and oxygen atoms in total. The number of fused-ring (bicyclic) bond motifs is 2. The first-order chi connectivity index (χ1) is 12.5. The van der Waals surface area contributed by atoms with E-state index in [-0.39, 0.29) is 23.3 Å². The van der Waals surface area contributed by atoms with E-state index in [1.807, 2.05) is 0 Å². The number of nitrogens with one attached hydrogen (secondary N) is 1. The van der Waals surface area contributed by atoms with Crippen molar-refractivity contribution >= 4 is 17.6 Å². The number of hydrogen-bond acceptors (Lipinski definition) is 4. The lowest BCUT2D eigenvalue weighted by Crippen LogP contribution is -2.42. The second-order valence-corrected chi connectivity index (χ2v) is 6.31. The average Bonchev–Trinajstić information content (AvgIpc) is 2.81. The van der Waals surface area contributed by atoms with Gasteiger partial charge in [-0.1, -0.05) is 0 Å². The molecule has 1 aromatic rings. The summed E-state index contributed by atoms with van der Waals surface area (Å²) in [6, 6.07) is 0.851. The Morgan fingerprint density at radius 1 is 1.42 bits per heavy atom. The largest absolute Gasteiger partial charge is 0.449 e. The topological polar surface area (TPSA) is 63.6 Å². The molecule has 0 radical (unpaired) electrons. The van der Waals surface area contributed by atoms with E-state index in [1.165, 1.54) is 16.8 Å². The summed E-state index contributed by atoms with van der Waals surface area (Å²) in [6.07, 6.45) is 2.12. The van der Waals surface area contributed by atoms with E-state index in [0.29, 0.717) is 24.2 Å². The molecule has 4 rings (SSSR count). The van der Waals surface area contributed by atoms with Crippen molar-refractivity contribution in [3.63, 3.8) is 0 Å². The van der Waals surface area contributed by atoms with Gasteiger partial charge in [-0.2, -0.15) is 4.39 Å². The molecule has 26 heavy (non-hydrogen) atoms. The summed E-state index contributed by atoms with van der Waals surface area (Å²) < 4.78 is 36.2. The minimum Gasteiger partial charge on any atom is -0.449 e. The van der Waals surface area contributed by atoms with Crippen LogP contribution in [0.5, 0.6) is 0 Å². The molecule has 8 heteroatoms. The summed E-state index contributed by atoms with van der Waals surface area (Å²) in [6.45, 7) is 2.14. The number of allylic oxidation sites excluding steroid dienone is 1. The van der Waals surface area contributed by atoms with Crippen molar-refractivity contribution in [3.8, 4) is 0 Å². The van der Waals surface area contributed by atoms with Crippen LogP contribution in [0.15, 0.2) is 40.2 Å². The molecule has 3 aliphatic rings. The molecule has 2 aliphatic heterocycles. The number of carbonyl (C=O) groups is 1. The van der Waals surface area contributed by atoms with Gasteiger partial charge in [0.05, 0.1) is 23.9 Å². The number of aryl methyl sites for hydroxylation is 1. The highest BCUT2D eigenvalue weighted by molar-refractivity contribution is 5.88. The van der Waals surface area contributed by atoms with Crippen LogP contribution in [0, 0.1) is 0 Å². The van der Waals surface area contributed by atoms with Gasteiger partial charge in [-0.15, -0.1) is 0 Å². The predicted molar refractivity (Wildman–Crippen MR) is 91.1 cm³/mol. The van der Waals surface area contributed by atoms with Crippen molar-refractivity contribution < 1.29 is 18.3 Å².